The van der Waals surface area contributed by atoms with E-state index in [1.807, 2.05) is 73.8 Å². The van der Waals surface area contributed by atoms with E-state index in [0.717, 1.165) is 38.4 Å². The van der Waals surface area contributed by atoms with Crippen LogP contribution in [0, 0.1) is 0 Å². The van der Waals surface area contributed by atoms with E-state index in [9.17, 15) is 9.90 Å². The molecular weight excluding hydrogens is 436 g/mol. The molecule has 1 heterocycles. The van der Waals surface area contributed by atoms with Crippen LogP contribution in [0.5, 0.6) is 5.75 Å². The van der Waals surface area contributed by atoms with Crippen molar-refractivity contribution < 1.29 is 14.6 Å². The first-order chi connectivity index (χ1) is 17.2. The van der Waals surface area contributed by atoms with Gasteiger partial charge in [0.15, 0.2) is 0 Å². The molecule has 0 spiro atoms. The lowest BCUT2D eigenvalue weighted by molar-refractivity contribution is 0.0913. The van der Waals surface area contributed by atoms with Crippen molar-refractivity contribution in [1.29, 1.82) is 0 Å². The average Bonchev–Trinajstić information content (AvgIpc) is 3.31. The molecule has 0 unspecified atom stereocenters. The van der Waals surface area contributed by atoms with Gasteiger partial charge in [-0.3, -0.25) is 4.79 Å². The molecule has 5 nitrogen and oxygen atoms in total. The van der Waals surface area contributed by atoms with Crippen LogP contribution in [0.25, 0.3) is 32.8 Å². The molecule has 3 N–H and O–H groups in total. The Morgan fingerprint density at radius 1 is 0.971 bits per heavy atom. The van der Waals surface area contributed by atoms with Crippen molar-refractivity contribution in [1.82, 2.24) is 10.3 Å². The highest BCUT2D eigenvalue weighted by Crippen LogP contribution is 2.32. The summed E-state index contributed by atoms with van der Waals surface area (Å²) in [5.74, 6) is 0.257. The van der Waals surface area contributed by atoms with Gasteiger partial charge in [-0.05, 0) is 59.0 Å². The van der Waals surface area contributed by atoms with E-state index in [4.69, 9.17) is 4.74 Å². The first-order valence-corrected chi connectivity index (χ1v) is 11.9. The zero-order valence-corrected chi connectivity index (χ0v) is 19.6. The smallest absolute Gasteiger partial charge is 0.255 e. The Hall–Kier alpha value is -4.09. The fourth-order valence-electron chi connectivity index (χ4n) is 4.62. The maximum Gasteiger partial charge on any atom is 0.255 e. The zero-order chi connectivity index (χ0) is 24.2. The van der Waals surface area contributed by atoms with Gasteiger partial charge in [0.1, 0.15) is 5.75 Å². The quantitative estimate of drug-likeness (QED) is 0.275. The molecule has 0 radical (unpaired) electrons. The number of para-hydroxylation sites is 1. The number of ether oxygens (including phenoxy) is 1. The van der Waals surface area contributed by atoms with Gasteiger partial charge in [0.05, 0.1) is 24.8 Å². The fourth-order valence-corrected chi connectivity index (χ4v) is 4.62. The van der Waals surface area contributed by atoms with Crippen LogP contribution in [0.1, 0.15) is 22.8 Å². The third kappa shape index (κ3) is 4.63. The maximum atomic E-state index is 13.4. The van der Waals surface area contributed by atoms with Crippen molar-refractivity contribution in [2.75, 3.05) is 13.2 Å². The van der Waals surface area contributed by atoms with E-state index in [-0.39, 0.29) is 12.5 Å². The SMILES string of the molecule is CCOc1ccc(-c2cccc3ccccc23)cc1C(=O)N[C@@H](CO)Cc1c[nH]c2ccccc12. The van der Waals surface area contributed by atoms with Crippen molar-refractivity contribution >= 4 is 27.6 Å². The van der Waals surface area contributed by atoms with Crippen LogP contribution in [0.3, 0.4) is 0 Å². The van der Waals surface area contributed by atoms with E-state index in [1.54, 1.807) is 0 Å². The Labute approximate surface area is 204 Å². The topological polar surface area (TPSA) is 74.3 Å². The Morgan fingerprint density at radius 3 is 2.57 bits per heavy atom. The van der Waals surface area contributed by atoms with Crippen LogP contribution in [0.2, 0.25) is 0 Å². The molecule has 5 heteroatoms. The molecule has 1 aromatic heterocycles. The van der Waals surface area contributed by atoms with Gasteiger partial charge in [-0.25, -0.2) is 0 Å². The van der Waals surface area contributed by atoms with Crippen molar-refractivity contribution in [3.05, 3.63) is 102 Å². The number of carbonyl (C=O) groups excluding carboxylic acids is 1. The van der Waals surface area contributed by atoms with E-state index >= 15 is 0 Å². The molecule has 0 bridgehead atoms. The number of aromatic nitrogens is 1. The van der Waals surface area contributed by atoms with Crippen LogP contribution < -0.4 is 10.1 Å². The number of amides is 1. The molecule has 0 fully saturated rings. The van der Waals surface area contributed by atoms with Crippen LogP contribution in [-0.2, 0) is 6.42 Å². The zero-order valence-electron chi connectivity index (χ0n) is 19.6. The molecule has 1 amide bonds. The number of fused-ring (bicyclic) bond motifs is 2. The van der Waals surface area contributed by atoms with Crippen LogP contribution in [0.4, 0.5) is 0 Å². The first kappa shape index (κ1) is 22.7. The highest BCUT2D eigenvalue weighted by Gasteiger charge is 2.20. The fraction of sp³-hybridized carbons (Fsp3) is 0.167. The number of nitrogens with one attached hydrogen (secondary N) is 2. The number of carbonyl (C=O) groups is 1. The minimum absolute atomic E-state index is 0.168. The number of aromatic amines is 1. The molecule has 0 aliphatic carbocycles. The molecular formula is C30H28N2O3. The summed E-state index contributed by atoms with van der Waals surface area (Å²) in [4.78, 5) is 16.7. The third-order valence-corrected chi connectivity index (χ3v) is 6.32. The second-order valence-electron chi connectivity index (χ2n) is 8.59. The van der Waals surface area contributed by atoms with Gasteiger partial charge >= 0.3 is 0 Å². The predicted octanol–water partition coefficient (Wildman–Crippen LogP) is 5.72. The molecule has 0 saturated carbocycles. The Balaban J connectivity index is 1.45. The molecule has 4 aromatic carbocycles. The van der Waals surface area contributed by atoms with Crippen molar-refractivity contribution in [3.8, 4) is 16.9 Å². The second-order valence-corrected chi connectivity index (χ2v) is 8.59. The van der Waals surface area contributed by atoms with E-state index in [2.05, 4.69) is 34.6 Å². The Bertz CT molecular complexity index is 1480. The van der Waals surface area contributed by atoms with Gasteiger partial charge < -0.3 is 20.1 Å². The first-order valence-electron chi connectivity index (χ1n) is 11.9. The second kappa shape index (κ2) is 10.0. The summed E-state index contributed by atoms with van der Waals surface area (Å²) in [6, 6.07) is 27.7. The summed E-state index contributed by atoms with van der Waals surface area (Å²) < 4.78 is 5.79. The van der Waals surface area contributed by atoms with Gasteiger partial charge in [-0.1, -0.05) is 66.7 Å². The summed E-state index contributed by atoms with van der Waals surface area (Å²) in [7, 11) is 0. The third-order valence-electron chi connectivity index (χ3n) is 6.32. The Morgan fingerprint density at radius 2 is 1.74 bits per heavy atom. The monoisotopic (exact) mass is 464 g/mol. The van der Waals surface area contributed by atoms with Crippen molar-refractivity contribution in [2.45, 2.75) is 19.4 Å². The Kier molecular flexibility index (Phi) is 6.51. The molecule has 5 rings (SSSR count). The number of aliphatic hydroxyl groups excluding tert-OH is 1. The standard InChI is InChI=1S/C30H28N2O3/c1-2-35-29-15-14-21(25-12-7-9-20-8-3-4-10-24(20)25)17-27(29)30(34)32-23(19-33)16-22-18-31-28-13-6-5-11-26(22)28/h3-15,17-18,23,31,33H,2,16,19H2,1H3,(H,32,34)/t23-/m1/s1. The minimum atomic E-state index is -0.433. The molecule has 176 valence electrons. The lowest BCUT2D eigenvalue weighted by atomic mass is 9.96. The van der Waals surface area contributed by atoms with E-state index in [1.165, 1.54) is 0 Å². The molecule has 0 aliphatic heterocycles. The molecule has 1 atom stereocenters. The van der Waals surface area contributed by atoms with E-state index in [0.29, 0.717) is 24.3 Å². The van der Waals surface area contributed by atoms with Gasteiger partial charge in [0.25, 0.3) is 5.91 Å². The number of rotatable bonds is 8. The summed E-state index contributed by atoms with van der Waals surface area (Å²) in [6.07, 6.45) is 2.45. The largest absolute Gasteiger partial charge is 0.493 e. The average molecular weight is 465 g/mol. The highest BCUT2D eigenvalue weighted by molar-refractivity contribution is 6.01. The maximum absolute atomic E-state index is 13.4. The highest BCUT2D eigenvalue weighted by atomic mass is 16.5. The summed E-state index contributed by atoms with van der Waals surface area (Å²) in [5, 5.41) is 16.4. The van der Waals surface area contributed by atoms with Gasteiger partial charge in [0, 0.05) is 17.1 Å². The number of benzene rings is 4. The number of hydrogen-bond acceptors (Lipinski definition) is 3. The summed E-state index contributed by atoms with van der Waals surface area (Å²) in [6.45, 7) is 2.18. The lowest BCUT2D eigenvalue weighted by Crippen LogP contribution is -2.39. The predicted molar refractivity (Wildman–Crippen MR) is 141 cm³/mol. The van der Waals surface area contributed by atoms with Crippen LogP contribution >= 0.6 is 0 Å². The van der Waals surface area contributed by atoms with E-state index < -0.39 is 6.04 Å². The number of hydrogen-bond donors (Lipinski definition) is 3. The molecule has 0 saturated heterocycles. The van der Waals surface area contributed by atoms with Crippen LogP contribution in [-0.4, -0.2) is 35.3 Å². The normalized spacial score (nSPS) is 12.1. The molecule has 0 aliphatic rings. The van der Waals surface area contributed by atoms with Crippen molar-refractivity contribution in [2.24, 2.45) is 0 Å². The molecule has 5 aromatic rings. The molecule has 35 heavy (non-hydrogen) atoms. The lowest BCUT2D eigenvalue weighted by Gasteiger charge is -2.18. The number of aliphatic hydroxyl groups is 1. The van der Waals surface area contributed by atoms with Gasteiger partial charge in [0.2, 0.25) is 0 Å². The van der Waals surface area contributed by atoms with Crippen LogP contribution in [0.15, 0.2) is 91.1 Å². The van der Waals surface area contributed by atoms with Crippen molar-refractivity contribution in [3.63, 3.8) is 0 Å². The summed E-state index contributed by atoms with van der Waals surface area (Å²) >= 11 is 0. The van der Waals surface area contributed by atoms with Gasteiger partial charge in [-0.15, -0.1) is 0 Å². The minimum Gasteiger partial charge on any atom is -0.493 e. The number of H-pyrrole nitrogens is 1. The summed E-state index contributed by atoms with van der Waals surface area (Å²) in [5.41, 5.74) is 4.53. The van der Waals surface area contributed by atoms with Gasteiger partial charge in [-0.2, -0.15) is 0 Å².